The third kappa shape index (κ3) is 4.64. The highest BCUT2D eigenvalue weighted by molar-refractivity contribution is 6.01. The van der Waals surface area contributed by atoms with E-state index in [1.165, 1.54) is 6.08 Å². The first-order valence-corrected chi connectivity index (χ1v) is 8.42. The van der Waals surface area contributed by atoms with E-state index in [0.717, 1.165) is 37.3 Å². The van der Waals surface area contributed by atoms with E-state index in [2.05, 4.69) is 32.1 Å². The van der Waals surface area contributed by atoms with Gasteiger partial charge in [0.2, 0.25) is 11.9 Å². The van der Waals surface area contributed by atoms with Crippen molar-refractivity contribution in [2.45, 2.75) is 6.92 Å². The van der Waals surface area contributed by atoms with E-state index in [0.29, 0.717) is 11.6 Å². The molecule has 130 valence electrons. The first-order chi connectivity index (χ1) is 12.1. The lowest BCUT2D eigenvalue weighted by atomic mass is 10.1. The molecule has 6 heteroatoms. The van der Waals surface area contributed by atoms with E-state index in [1.807, 2.05) is 37.3 Å². The molecule has 3 rings (SSSR count). The molecule has 1 aliphatic rings. The van der Waals surface area contributed by atoms with Crippen LogP contribution in [0.15, 0.2) is 42.7 Å². The number of rotatable bonds is 4. The van der Waals surface area contributed by atoms with Gasteiger partial charge in [0.1, 0.15) is 0 Å². The van der Waals surface area contributed by atoms with Gasteiger partial charge in [-0.2, -0.15) is 0 Å². The van der Waals surface area contributed by atoms with E-state index in [1.54, 1.807) is 12.4 Å². The summed E-state index contributed by atoms with van der Waals surface area (Å²) in [5.74, 6) is 0.515. The zero-order valence-corrected chi connectivity index (χ0v) is 14.6. The lowest BCUT2D eigenvalue weighted by molar-refractivity contribution is -0.111. The Labute approximate surface area is 148 Å². The molecule has 0 atom stereocenters. The zero-order valence-electron chi connectivity index (χ0n) is 14.6. The summed E-state index contributed by atoms with van der Waals surface area (Å²) in [6.45, 7) is 5.86. The van der Waals surface area contributed by atoms with E-state index in [9.17, 15) is 4.79 Å². The third-order valence-electron chi connectivity index (χ3n) is 4.29. The number of hydrogen-bond acceptors (Lipinski definition) is 5. The van der Waals surface area contributed by atoms with Crippen LogP contribution in [0, 0.1) is 6.92 Å². The third-order valence-corrected chi connectivity index (χ3v) is 4.29. The van der Waals surface area contributed by atoms with Crippen LogP contribution in [0.3, 0.4) is 0 Å². The molecule has 0 aliphatic carbocycles. The Hall–Kier alpha value is -2.73. The molecule has 1 aromatic heterocycles. The van der Waals surface area contributed by atoms with Gasteiger partial charge < -0.3 is 15.1 Å². The fraction of sp³-hybridized carbons (Fsp3) is 0.316. The maximum atomic E-state index is 12.1. The molecule has 0 unspecified atom stereocenters. The first kappa shape index (κ1) is 17.1. The zero-order chi connectivity index (χ0) is 17.6. The molecule has 1 saturated heterocycles. The Morgan fingerprint density at radius 2 is 1.80 bits per heavy atom. The van der Waals surface area contributed by atoms with Gasteiger partial charge in [0.05, 0.1) is 18.1 Å². The highest BCUT2D eigenvalue weighted by Crippen LogP contribution is 2.13. The molecule has 1 amide bonds. The van der Waals surface area contributed by atoms with Gasteiger partial charge in [-0.3, -0.25) is 4.79 Å². The van der Waals surface area contributed by atoms with Crippen molar-refractivity contribution in [2.24, 2.45) is 0 Å². The number of nitrogens with zero attached hydrogens (tertiary/aromatic N) is 4. The lowest BCUT2D eigenvalue weighted by Gasteiger charge is -2.32. The summed E-state index contributed by atoms with van der Waals surface area (Å²) in [6.07, 6.45) is 6.64. The standard InChI is InChI=1S/C19H23N5O/c1-15-5-3-4-6-16(15)7-8-18(25)22-17-13-20-19(21-14-17)24-11-9-23(2)10-12-24/h3-8,13-14H,9-12H2,1-2H3,(H,22,25)/b8-7+. The number of piperazine rings is 1. The number of amides is 1. The van der Waals surface area contributed by atoms with Crippen LogP contribution in [-0.4, -0.2) is 54.0 Å². The molecule has 2 aromatic rings. The SMILES string of the molecule is Cc1ccccc1/C=C/C(=O)Nc1cnc(N2CCN(C)CC2)nc1. The molecule has 1 aliphatic heterocycles. The largest absolute Gasteiger partial charge is 0.338 e. The minimum atomic E-state index is -0.195. The molecule has 0 bridgehead atoms. The van der Waals surface area contributed by atoms with Crippen LogP contribution in [0.5, 0.6) is 0 Å². The fourth-order valence-electron chi connectivity index (χ4n) is 2.68. The Bertz CT molecular complexity index is 749. The quantitative estimate of drug-likeness (QED) is 0.867. The van der Waals surface area contributed by atoms with Crippen LogP contribution in [-0.2, 0) is 4.79 Å². The molecule has 25 heavy (non-hydrogen) atoms. The summed E-state index contributed by atoms with van der Waals surface area (Å²) < 4.78 is 0. The van der Waals surface area contributed by atoms with E-state index in [4.69, 9.17) is 0 Å². The van der Waals surface area contributed by atoms with Crippen LogP contribution in [0.25, 0.3) is 6.08 Å². The molecule has 1 fully saturated rings. The van der Waals surface area contributed by atoms with Crippen molar-refractivity contribution in [1.82, 2.24) is 14.9 Å². The monoisotopic (exact) mass is 337 g/mol. The van der Waals surface area contributed by atoms with Gasteiger partial charge in [-0.25, -0.2) is 9.97 Å². The van der Waals surface area contributed by atoms with Crippen LogP contribution in [0.4, 0.5) is 11.6 Å². The number of hydrogen-bond donors (Lipinski definition) is 1. The molecule has 1 aromatic carbocycles. The highest BCUT2D eigenvalue weighted by Gasteiger charge is 2.16. The molecule has 0 spiro atoms. The average Bonchev–Trinajstić information content (AvgIpc) is 2.62. The van der Waals surface area contributed by atoms with Crippen molar-refractivity contribution in [3.63, 3.8) is 0 Å². The van der Waals surface area contributed by atoms with E-state index >= 15 is 0 Å². The maximum absolute atomic E-state index is 12.1. The van der Waals surface area contributed by atoms with Crippen LogP contribution in [0.1, 0.15) is 11.1 Å². The Morgan fingerprint density at radius 1 is 1.12 bits per heavy atom. The summed E-state index contributed by atoms with van der Waals surface area (Å²) in [5.41, 5.74) is 2.75. The summed E-state index contributed by atoms with van der Waals surface area (Å²) in [4.78, 5) is 25.2. The summed E-state index contributed by atoms with van der Waals surface area (Å²) in [7, 11) is 2.11. The molecule has 0 radical (unpaired) electrons. The molecule has 2 heterocycles. The number of nitrogens with one attached hydrogen (secondary N) is 1. The van der Waals surface area contributed by atoms with Gasteiger partial charge in [0.25, 0.3) is 0 Å². The normalized spacial score (nSPS) is 15.5. The molecular weight excluding hydrogens is 314 g/mol. The van der Waals surface area contributed by atoms with Crippen molar-refractivity contribution in [3.05, 3.63) is 53.9 Å². The van der Waals surface area contributed by atoms with Gasteiger partial charge in [0, 0.05) is 32.3 Å². The van der Waals surface area contributed by atoms with Crippen molar-refractivity contribution < 1.29 is 4.79 Å². The summed E-state index contributed by atoms with van der Waals surface area (Å²) in [5, 5.41) is 2.79. The number of carbonyl (C=O) groups is 1. The predicted molar refractivity (Wildman–Crippen MR) is 101 cm³/mol. The van der Waals surface area contributed by atoms with Crippen LogP contribution < -0.4 is 10.2 Å². The number of aryl methyl sites for hydroxylation is 1. The van der Waals surface area contributed by atoms with Crippen LogP contribution in [0.2, 0.25) is 0 Å². The summed E-state index contributed by atoms with van der Waals surface area (Å²) >= 11 is 0. The number of likely N-dealkylation sites (N-methyl/N-ethyl adjacent to an activating group) is 1. The molecular formula is C19H23N5O. The topological polar surface area (TPSA) is 61.4 Å². The molecule has 6 nitrogen and oxygen atoms in total. The number of benzene rings is 1. The second-order valence-corrected chi connectivity index (χ2v) is 6.24. The number of aromatic nitrogens is 2. The number of anilines is 2. The molecule has 0 saturated carbocycles. The summed E-state index contributed by atoms with van der Waals surface area (Å²) in [6, 6.07) is 7.93. The van der Waals surface area contributed by atoms with Gasteiger partial charge >= 0.3 is 0 Å². The second-order valence-electron chi connectivity index (χ2n) is 6.24. The van der Waals surface area contributed by atoms with Crippen molar-refractivity contribution in [2.75, 3.05) is 43.4 Å². The maximum Gasteiger partial charge on any atom is 0.248 e. The van der Waals surface area contributed by atoms with E-state index in [-0.39, 0.29) is 5.91 Å². The minimum Gasteiger partial charge on any atom is -0.338 e. The predicted octanol–water partition coefficient (Wildman–Crippen LogP) is 2.19. The van der Waals surface area contributed by atoms with Crippen molar-refractivity contribution in [1.29, 1.82) is 0 Å². The van der Waals surface area contributed by atoms with E-state index < -0.39 is 0 Å². The lowest BCUT2D eigenvalue weighted by Crippen LogP contribution is -2.45. The van der Waals surface area contributed by atoms with Gasteiger partial charge in [-0.1, -0.05) is 24.3 Å². The first-order valence-electron chi connectivity index (χ1n) is 8.42. The highest BCUT2D eigenvalue weighted by atomic mass is 16.1. The Kier molecular flexibility index (Phi) is 5.40. The van der Waals surface area contributed by atoms with Gasteiger partial charge in [-0.05, 0) is 31.2 Å². The van der Waals surface area contributed by atoms with Crippen molar-refractivity contribution in [3.8, 4) is 0 Å². The fourth-order valence-corrected chi connectivity index (χ4v) is 2.68. The van der Waals surface area contributed by atoms with Crippen LogP contribution >= 0.6 is 0 Å². The van der Waals surface area contributed by atoms with Gasteiger partial charge in [-0.15, -0.1) is 0 Å². The Balaban J connectivity index is 1.58. The average molecular weight is 337 g/mol. The minimum absolute atomic E-state index is 0.195. The van der Waals surface area contributed by atoms with Crippen molar-refractivity contribution >= 4 is 23.6 Å². The second kappa shape index (κ2) is 7.90. The molecule has 1 N–H and O–H groups in total. The Morgan fingerprint density at radius 3 is 2.48 bits per heavy atom. The van der Waals surface area contributed by atoms with Gasteiger partial charge in [0.15, 0.2) is 0 Å². The smallest absolute Gasteiger partial charge is 0.248 e. The number of carbonyl (C=O) groups excluding carboxylic acids is 1.